The van der Waals surface area contributed by atoms with E-state index in [0.29, 0.717) is 28.1 Å². The van der Waals surface area contributed by atoms with Crippen LogP contribution in [0.1, 0.15) is 11.7 Å². The van der Waals surface area contributed by atoms with Crippen LogP contribution >= 0.6 is 39.1 Å². The Morgan fingerprint density at radius 1 is 1.35 bits per heavy atom. The number of nitrogens with one attached hydrogen (secondary N) is 2. The van der Waals surface area contributed by atoms with Crippen molar-refractivity contribution in [1.29, 1.82) is 0 Å². The third-order valence-corrected chi connectivity index (χ3v) is 3.12. The first kappa shape index (κ1) is 17.3. The summed E-state index contributed by atoms with van der Waals surface area (Å²) in [5, 5.41) is 17.1. The minimum Gasteiger partial charge on any atom is -0.387 e. The molecule has 1 atom stereocenters. The van der Waals surface area contributed by atoms with Crippen molar-refractivity contribution in [2.45, 2.75) is 6.10 Å². The van der Waals surface area contributed by atoms with Crippen molar-refractivity contribution in [3.05, 3.63) is 44.9 Å². The first-order chi connectivity index (χ1) is 9.42. The van der Waals surface area contributed by atoms with E-state index in [0.717, 1.165) is 4.48 Å². The molecule has 20 heavy (non-hydrogen) atoms. The molecule has 7 heteroatoms. The summed E-state index contributed by atoms with van der Waals surface area (Å²) in [7, 11) is 1.65. The molecule has 0 heterocycles. The van der Waals surface area contributed by atoms with Crippen molar-refractivity contribution in [2.24, 2.45) is 4.99 Å². The van der Waals surface area contributed by atoms with E-state index in [1.54, 1.807) is 25.2 Å². The molecular formula is C13H16BrCl2N3O. The van der Waals surface area contributed by atoms with Gasteiger partial charge in [-0.25, -0.2) is 0 Å². The van der Waals surface area contributed by atoms with E-state index >= 15 is 0 Å². The zero-order valence-electron chi connectivity index (χ0n) is 11.0. The van der Waals surface area contributed by atoms with E-state index in [4.69, 9.17) is 23.2 Å². The van der Waals surface area contributed by atoms with E-state index in [-0.39, 0.29) is 6.54 Å². The quantitative estimate of drug-likeness (QED) is 0.543. The predicted octanol–water partition coefficient (Wildman–Crippen LogP) is 3.10. The van der Waals surface area contributed by atoms with Gasteiger partial charge in [0.2, 0.25) is 0 Å². The van der Waals surface area contributed by atoms with Crippen molar-refractivity contribution in [2.75, 3.05) is 20.1 Å². The van der Waals surface area contributed by atoms with Crippen LogP contribution in [-0.2, 0) is 0 Å². The Morgan fingerprint density at radius 2 is 1.95 bits per heavy atom. The van der Waals surface area contributed by atoms with Gasteiger partial charge < -0.3 is 15.7 Å². The van der Waals surface area contributed by atoms with Gasteiger partial charge >= 0.3 is 0 Å². The number of hydrogen-bond donors (Lipinski definition) is 3. The molecule has 1 rings (SSSR count). The van der Waals surface area contributed by atoms with Gasteiger partial charge in [-0.3, -0.25) is 4.99 Å². The standard InChI is InChI=1S/C13H16BrCl2N3O/c1-8(14)6-18-13(17-2)19-7-12(20)9-3-10(15)5-11(16)4-9/h3-5,12,20H,1,6-7H2,2H3,(H2,17,18,19). The number of rotatable bonds is 5. The van der Waals surface area contributed by atoms with E-state index in [1.165, 1.54) is 0 Å². The van der Waals surface area contributed by atoms with Crippen molar-refractivity contribution >= 4 is 45.1 Å². The summed E-state index contributed by atoms with van der Waals surface area (Å²) in [6.07, 6.45) is -0.739. The number of aliphatic hydroxyl groups excluding tert-OH is 1. The van der Waals surface area contributed by atoms with Gasteiger partial charge in [-0.15, -0.1) is 0 Å². The molecule has 4 nitrogen and oxygen atoms in total. The molecule has 0 saturated carbocycles. The molecule has 0 spiro atoms. The van der Waals surface area contributed by atoms with Crippen molar-refractivity contribution < 1.29 is 5.11 Å². The molecule has 110 valence electrons. The summed E-state index contributed by atoms with van der Waals surface area (Å²) in [5.41, 5.74) is 0.648. The lowest BCUT2D eigenvalue weighted by Crippen LogP contribution is -2.39. The van der Waals surface area contributed by atoms with Crippen LogP contribution in [0, 0.1) is 0 Å². The molecular weight excluding hydrogens is 365 g/mol. The number of halogens is 3. The number of nitrogens with zero attached hydrogens (tertiary/aromatic N) is 1. The molecule has 3 N–H and O–H groups in total. The molecule has 1 aromatic carbocycles. The second kappa shape index (κ2) is 8.52. The number of guanidine groups is 1. The largest absolute Gasteiger partial charge is 0.387 e. The lowest BCUT2D eigenvalue weighted by Gasteiger charge is -2.16. The summed E-state index contributed by atoms with van der Waals surface area (Å²) < 4.78 is 0.808. The maximum Gasteiger partial charge on any atom is 0.191 e. The van der Waals surface area contributed by atoms with Crippen molar-refractivity contribution in [1.82, 2.24) is 10.6 Å². The molecule has 1 unspecified atom stereocenters. The van der Waals surface area contributed by atoms with Crippen LogP contribution in [-0.4, -0.2) is 31.2 Å². The SMILES string of the molecule is C=C(Br)CNC(=NC)NCC(O)c1cc(Cl)cc(Cl)c1. The van der Waals surface area contributed by atoms with E-state index in [9.17, 15) is 5.11 Å². The molecule has 0 saturated heterocycles. The number of benzene rings is 1. The van der Waals surface area contributed by atoms with Gasteiger partial charge in [0.05, 0.1) is 6.10 Å². The van der Waals surface area contributed by atoms with Gasteiger partial charge in [0, 0.05) is 34.7 Å². The van der Waals surface area contributed by atoms with Crippen molar-refractivity contribution in [3.8, 4) is 0 Å². The van der Waals surface area contributed by atoms with Crippen LogP contribution in [0.5, 0.6) is 0 Å². The summed E-state index contributed by atoms with van der Waals surface area (Å²) in [5.74, 6) is 0.567. The van der Waals surface area contributed by atoms with Crippen LogP contribution in [0.25, 0.3) is 0 Å². The maximum atomic E-state index is 10.1. The maximum absolute atomic E-state index is 10.1. The van der Waals surface area contributed by atoms with E-state index < -0.39 is 6.10 Å². The smallest absolute Gasteiger partial charge is 0.191 e. The molecule has 0 aliphatic carbocycles. The molecule has 0 aromatic heterocycles. The molecule has 0 fully saturated rings. The highest BCUT2D eigenvalue weighted by Crippen LogP contribution is 2.23. The fraction of sp³-hybridized carbons (Fsp3) is 0.308. The number of hydrogen-bond acceptors (Lipinski definition) is 2. The molecule has 0 bridgehead atoms. The average Bonchev–Trinajstić information content (AvgIpc) is 2.37. The zero-order valence-corrected chi connectivity index (χ0v) is 14.1. The van der Waals surface area contributed by atoms with Crippen LogP contribution < -0.4 is 10.6 Å². The number of aliphatic imine (C=N–C) groups is 1. The van der Waals surface area contributed by atoms with Crippen LogP contribution in [0.4, 0.5) is 0 Å². The Kier molecular flexibility index (Phi) is 7.37. The highest BCUT2D eigenvalue weighted by molar-refractivity contribution is 9.11. The fourth-order valence-corrected chi connectivity index (χ4v) is 2.16. The Labute approximate surface area is 137 Å². The summed E-state index contributed by atoms with van der Waals surface area (Å²) in [4.78, 5) is 4.03. The summed E-state index contributed by atoms with van der Waals surface area (Å²) in [6, 6.07) is 4.97. The lowest BCUT2D eigenvalue weighted by molar-refractivity contribution is 0.181. The van der Waals surface area contributed by atoms with E-state index in [2.05, 4.69) is 38.1 Å². The highest BCUT2D eigenvalue weighted by atomic mass is 79.9. The third kappa shape index (κ3) is 6.13. The van der Waals surface area contributed by atoms with Crippen LogP contribution in [0.2, 0.25) is 10.0 Å². The van der Waals surface area contributed by atoms with Gasteiger partial charge in [-0.05, 0) is 23.8 Å². The minimum absolute atomic E-state index is 0.283. The Hall–Kier alpha value is -0.750. The summed E-state index contributed by atoms with van der Waals surface area (Å²) >= 11 is 15.0. The zero-order chi connectivity index (χ0) is 15.1. The van der Waals surface area contributed by atoms with Crippen LogP contribution in [0.15, 0.2) is 34.3 Å². The lowest BCUT2D eigenvalue weighted by atomic mass is 10.1. The average molecular weight is 381 g/mol. The molecule has 0 aliphatic rings. The second-order valence-corrected chi connectivity index (χ2v) is 6.04. The van der Waals surface area contributed by atoms with Gasteiger partial charge in [-0.1, -0.05) is 45.7 Å². The number of aliphatic hydroxyl groups is 1. The van der Waals surface area contributed by atoms with Gasteiger partial charge in [0.1, 0.15) is 0 Å². The Balaban J connectivity index is 2.57. The third-order valence-electron chi connectivity index (χ3n) is 2.40. The van der Waals surface area contributed by atoms with Gasteiger partial charge in [-0.2, -0.15) is 0 Å². The normalized spacial score (nSPS) is 12.9. The van der Waals surface area contributed by atoms with Crippen LogP contribution in [0.3, 0.4) is 0 Å². The van der Waals surface area contributed by atoms with E-state index in [1.807, 2.05) is 0 Å². The topological polar surface area (TPSA) is 56.7 Å². The molecule has 0 aliphatic heterocycles. The predicted molar refractivity (Wildman–Crippen MR) is 88.9 cm³/mol. The molecule has 0 amide bonds. The minimum atomic E-state index is -0.739. The monoisotopic (exact) mass is 379 g/mol. The molecule has 1 aromatic rings. The fourth-order valence-electron chi connectivity index (χ4n) is 1.48. The molecule has 0 radical (unpaired) electrons. The van der Waals surface area contributed by atoms with Gasteiger partial charge in [0.25, 0.3) is 0 Å². The van der Waals surface area contributed by atoms with Crippen molar-refractivity contribution in [3.63, 3.8) is 0 Å². The van der Waals surface area contributed by atoms with Gasteiger partial charge in [0.15, 0.2) is 5.96 Å². The first-order valence-electron chi connectivity index (χ1n) is 5.84. The Bertz CT molecular complexity index is 488. The first-order valence-corrected chi connectivity index (χ1v) is 7.39. The highest BCUT2D eigenvalue weighted by Gasteiger charge is 2.10. The second-order valence-electron chi connectivity index (χ2n) is 4.04. The Morgan fingerprint density at radius 3 is 2.45 bits per heavy atom. The summed E-state index contributed by atoms with van der Waals surface area (Å²) in [6.45, 7) is 4.54.